The standard InChI is InChI=1S/C12H17ClN2O/c1-12(2,3)8-15(4)11(16)9-7-14-6-5-10(9)13/h5-7H,8H2,1-4H3. The van der Waals surface area contributed by atoms with Gasteiger partial charge in [-0.15, -0.1) is 0 Å². The van der Waals surface area contributed by atoms with Crippen molar-refractivity contribution in [3.05, 3.63) is 29.0 Å². The zero-order chi connectivity index (χ0) is 12.3. The first-order valence-corrected chi connectivity index (χ1v) is 5.54. The van der Waals surface area contributed by atoms with Gasteiger partial charge in [0.05, 0.1) is 10.6 Å². The molecular formula is C12H17ClN2O. The summed E-state index contributed by atoms with van der Waals surface area (Å²) in [7, 11) is 1.77. The van der Waals surface area contributed by atoms with E-state index in [1.165, 1.54) is 6.20 Å². The van der Waals surface area contributed by atoms with Crippen molar-refractivity contribution >= 4 is 17.5 Å². The van der Waals surface area contributed by atoms with Crippen LogP contribution in [-0.2, 0) is 0 Å². The van der Waals surface area contributed by atoms with Crippen LogP contribution >= 0.6 is 11.6 Å². The minimum Gasteiger partial charge on any atom is -0.341 e. The first-order valence-electron chi connectivity index (χ1n) is 5.16. The first kappa shape index (κ1) is 13.0. The maximum Gasteiger partial charge on any atom is 0.256 e. The zero-order valence-electron chi connectivity index (χ0n) is 10.1. The minimum absolute atomic E-state index is 0.0685. The SMILES string of the molecule is CN(CC(C)(C)C)C(=O)c1cnccc1Cl. The third-order valence-corrected chi connectivity index (χ3v) is 2.39. The Kier molecular flexibility index (Phi) is 3.92. The Balaban J connectivity index is 2.83. The number of hydrogen-bond donors (Lipinski definition) is 0. The average molecular weight is 241 g/mol. The monoisotopic (exact) mass is 240 g/mol. The Morgan fingerprint density at radius 3 is 2.62 bits per heavy atom. The second-order valence-corrected chi connectivity index (χ2v) is 5.48. The molecule has 88 valence electrons. The lowest BCUT2D eigenvalue weighted by atomic mass is 9.96. The molecule has 0 fully saturated rings. The van der Waals surface area contributed by atoms with E-state index < -0.39 is 0 Å². The molecule has 0 saturated carbocycles. The molecule has 0 aromatic carbocycles. The molecule has 0 spiro atoms. The van der Waals surface area contributed by atoms with Crippen molar-refractivity contribution in [3.8, 4) is 0 Å². The van der Waals surface area contributed by atoms with E-state index in [9.17, 15) is 4.79 Å². The number of nitrogens with zero attached hydrogens (tertiary/aromatic N) is 2. The maximum absolute atomic E-state index is 12.0. The largest absolute Gasteiger partial charge is 0.341 e. The highest BCUT2D eigenvalue weighted by atomic mass is 35.5. The van der Waals surface area contributed by atoms with Gasteiger partial charge >= 0.3 is 0 Å². The van der Waals surface area contributed by atoms with Gasteiger partial charge < -0.3 is 4.90 Å². The molecule has 0 aliphatic heterocycles. The summed E-state index contributed by atoms with van der Waals surface area (Å²) >= 11 is 5.95. The van der Waals surface area contributed by atoms with Gasteiger partial charge in [0, 0.05) is 26.0 Å². The molecule has 1 heterocycles. The number of hydrogen-bond acceptors (Lipinski definition) is 2. The molecule has 0 N–H and O–H groups in total. The summed E-state index contributed by atoms with van der Waals surface area (Å²) in [5.41, 5.74) is 0.523. The molecule has 0 unspecified atom stereocenters. The van der Waals surface area contributed by atoms with Gasteiger partial charge in [-0.3, -0.25) is 9.78 Å². The summed E-state index contributed by atoms with van der Waals surface area (Å²) in [6.45, 7) is 6.93. The van der Waals surface area contributed by atoms with Crippen LogP contribution < -0.4 is 0 Å². The van der Waals surface area contributed by atoms with Crippen LogP contribution in [0.5, 0.6) is 0 Å². The number of amides is 1. The van der Waals surface area contributed by atoms with Gasteiger partial charge in [0.15, 0.2) is 0 Å². The van der Waals surface area contributed by atoms with Gasteiger partial charge in [-0.1, -0.05) is 32.4 Å². The van der Waals surface area contributed by atoms with E-state index in [1.807, 2.05) is 0 Å². The maximum atomic E-state index is 12.0. The summed E-state index contributed by atoms with van der Waals surface area (Å²) in [6, 6.07) is 1.62. The van der Waals surface area contributed by atoms with Crippen LogP contribution in [0.15, 0.2) is 18.5 Å². The van der Waals surface area contributed by atoms with Crippen LogP contribution in [0.1, 0.15) is 31.1 Å². The molecule has 0 saturated heterocycles. The van der Waals surface area contributed by atoms with Crippen LogP contribution in [0.3, 0.4) is 0 Å². The summed E-state index contributed by atoms with van der Waals surface area (Å²) in [5.74, 6) is -0.0898. The van der Waals surface area contributed by atoms with E-state index in [1.54, 1.807) is 24.2 Å². The van der Waals surface area contributed by atoms with Crippen molar-refractivity contribution in [3.63, 3.8) is 0 Å². The van der Waals surface area contributed by atoms with E-state index in [0.717, 1.165) is 0 Å². The molecule has 0 bridgehead atoms. The average Bonchev–Trinajstić information content (AvgIpc) is 2.15. The van der Waals surface area contributed by atoms with Crippen LogP contribution in [-0.4, -0.2) is 29.4 Å². The highest BCUT2D eigenvalue weighted by molar-refractivity contribution is 6.33. The van der Waals surface area contributed by atoms with Crippen molar-refractivity contribution in [2.75, 3.05) is 13.6 Å². The quantitative estimate of drug-likeness (QED) is 0.797. The highest BCUT2D eigenvalue weighted by Gasteiger charge is 2.20. The van der Waals surface area contributed by atoms with Gasteiger partial charge in [0.25, 0.3) is 5.91 Å². The molecule has 0 radical (unpaired) electrons. The normalized spacial score (nSPS) is 11.3. The predicted molar refractivity (Wildman–Crippen MR) is 65.7 cm³/mol. The molecule has 1 rings (SSSR count). The Bertz CT molecular complexity index is 385. The molecule has 4 heteroatoms. The number of rotatable bonds is 2. The summed E-state index contributed by atoms with van der Waals surface area (Å²) < 4.78 is 0. The predicted octanol–water partition coefficient (Wildman–Crippen LogP) is 2.85. The summed E-state index contributed by atoms with van der Waals surface area (Å²) in [4.78, 5) is 17.6. The molecule has 0 aliphatic carbocycles. The van der Waals surface area contributed by atoms with Gasteiger partial charge in [0.2, 0.25) is 0 Å². The molecule has 0 atom stereocenters. The highest BCUT2D eigenvalue weighted by Crippen LogP contribution is 2.19. The van der Waals surface area contributed by atoms with Crippen molar-refractivity contribution in [2.45, 2.75) is 20.8 Å². The summed E-state index contributed by atoms with van der Waals surface area (Å²) in [6.07, 6.45) is 3.08. The third-order valence-electron chi connectivity index (χ3n) is 2.06. The fourth-order valence-electron chi connectivity index (χ4n) is 1.52. The molecule has 1 aromatic heterocycles. The number of carbonyl (C=O) groups excluding carboxylic acids is 1. The molecule has 16 heavy (non-hydrogen) atoms. The fourth-order valence-corrected chi connectivity index (χ4v) is 1.71. The molecule has 1 aromatic rings. The lowest BCUT2D eigenvalue weighted by molar-refractivity contribution is 0.0745. The van der Waals surface area contributed by atoms with Crippen LogP contribution in [0.2, 0.25) is 5.02 Å². The van der Waals surface area contributed by atoms with Crippen molar-refractivity contribution in [1.82, 2.24) is 9.88 Å². The Morgan fingerprint density at radius 2 is 2.12 bits per heavy atom. The topological polar surface area (TPSA) is 33.2 Å². The van der Waals surface area contributed by atoms with Crippen LogP contribution in [0.4, 0.5) is 0 Å². The second kappa shape index (κ2) is 4.83. The van der Waals surface area contributed by atoms with Gasteiger partial charge in [-0.25, -0.2) is 0 Å². The van der Waals surface area contributed by atoms with E-state index in [-0.39, 0.29) is 11.3 Å². The molecule has 1 amide bonds. The number of aromatic nitrogens is 1. The van der Waals surface area contributed by atoms with E-state index in [0.29, 0.717) is 17.1 Å². The Hall–Kier alpha value is -1.09. The molecular weight excluding hydrogens is 224 g/mol. The molecule has 3 nitrogen and oxygen atoms in total. The lowest BCUT2D eigenvalue weighted by Crippen LogP contribution is -2.34. The van der Waals surface area contributed by atoms with Crippen molar-refractivity contribution in [1.29, 1.82) is 0 Å². The minimum atomic E-state index is -0.0898. The zero-order valence-corrected chi connectivity index (χ0v) is 10.9. The number of halogens is 1. The third kappa shape index (κ3) is 3.49. The van der Waals surface area contributed by atoms with Crippen LogP contribution in [0, 0.1) is 5.41 Å². The van der Waals surface area contributed by atoms with Gasteiger partial charge in [-0.2, -0.15) is 0 Å². The Morgan fingerprint density at radius 1 is 1.50 bits per heavy atom. The summed E-state index contributed by atoms with van der Waals surface area (Å²) in [5, 5.41) is 0.445. The first-order chi connectivity index (χ1) is 7.31. The lowest BCUT2D eigenvalue weighted by Gasteiger charge is -2.26. The second-order valence-electron chi connectivity index (χ2n) is 5.08. The van der Waals surface area contributed by atoms with E-state index in [4.69, 9.17) is 11.6 Å². The van der Waals surface area contributed by atoms with Gasteiger partial charge in [-0.05, 0) is 11.5 Å². The number of carbonyl (C=O) groups is 1. The smallest absolute Gasteiger partial charge is 0.256 e. The van der Waals surface area contributed by atoms with E-state index in [2.05, 4.69) is 25.8 Å². The van der Waals surface area contributed by atoms with Gasteiger partial charge in [0.1, 0.15) is 0 Å². The van der Waals surface area contributed by atoms with Crippen LogP contribution in [0.25, 0.3) is 0 Å². The fraction of sp³-hybridized carbons (Fsp3) is 0.500. The molecule has 0 aliphatic rings. The van der Waals surface area contributed by atoms with Crippen molar-refractivity contribution < 1.29 is 4.79 Å². The Labute approximate surface area is 101 Å². The number of pyridine rings is 1. The van der Waals surface area contributed by atoms with E-state index >= 15 is 0 Å². The van der Waals surface area contributed by atoms with Crippen molar-refractivity contribution in [2.24, 2.45) is 5.41 Å².